The second-order valence-corrected chi connectivity index (χ2v) is 9.48. The normalized spacial score (nSPS) is 13.8. The van der Waals surface area contributed by atoms with Crippen LogP contribution < -0.4 is 4.74 Å². The van der Waals surface area contributed by atoms with E-state index in [0.717, 1.165) is 30.6 Å². The molecule has 0 bridgehead atoms. The van der Waals surface area contributed by atoms with E-state index in [1.165, 1.54) is 11.6 Å². The highest BCUT2D eigenvalue weighted by molar-refractivity contribution is 5.91. The molecule has 1 aromatic heterocycles. The first-order valence-electron chi connectivity index (χ1n) is 11.1. The zero-order chi connectivity index (χ0) is 23.5. The molecule has 3 rings (SSSR count). The lowest BCUT2D eigenvalue weighted by molar-refractivity contribution is 0.0216. The zero-order valence-corrected chi connectivity index (χ0v) is 19.5. The van der Waals surface area contributed by atoms with E-state index >= 15 is 0 Å². The Balaban J connectivity index is 1.65. The average molecular weight is 440 g/mol. The number of nitrogens with zero attached hydrogens (tertiary/aromatic N) is 1. The maximum Gasteiger partial charge on any atom is 0.335 e. The highest BCUT2D eigenvalue weighted by Gasteiger charge is 2.23. The number of aliphatic hydroxyl groups is 1. The summed E-state index contributed by atoms with van der Waals surface area (Å²) in [5.74, 6) is 0.614. The summed E-state index contributed by atoms with van der Waals surface area (Å²) in [5.41, 5.74) is 3.42. The molecule has 2 atom stereocenters. The van der Waals surface area contributed by atoms with Crippen LogP contribution in [-0.2, 0) is 6.42 Å². The van der Waals surface area contributed by atoms with Gasteiger partial charge in [-0.05, 0) is 67.0 Å². The number of hydrogen-bond acceptors (Lipinski definition) is 5. The van der Waals surface area contributed by atoms with E-state index in [9.17, 15) is 15.0 Å². The Labute approximate surface area is 189 Å². The van der Waals surface area contributed by atoms with Crippen LogP contribution in [0.2, 0.25) is 0 Å². The first kappa shape index (κ1) is 23.8. The van der Waals surface area contributed by atoms with Crippen molar-refractivity contribution in [3.8, 4) is 5.75 Å². The van der Waals surface area contributed by atoms with Gasteiger partial charge in [0.1, 0.15) is 17.9 Å². The molecule has 6 heteroatoms. The predicted octanol–water partition coefficient (Wildman–Crippen LogP) is 5.75. The molecular formula is C26H33NO5. The summed E-state index contributed by atoms with van der Waals surface area (Å²) in [7, 11) is 0. The van der Waals surface area contributed by atoms with Crippen molar-refractivity contribution in [1.82, 2.24) is 4.98 Å². The summed E-state index contributed by atoms with van der Waals surface area (Å²) < 4.78 is 11.8. The molecule has 0 aliphatic carbocycles. The molecule has 0 radical (unpaired) electrons. The summed E-state index contributed by atoms with van der Waals surface area (Å²) in [6, 6.07) is 10.9. The molecule has 0 saturated carbocycles. The van der Waals surface area contributed by atoms with Crippen LogP contribution in [0, 0.1) is 12.3 Å². The number of aromatic nitrogens is 1. The van der Waals surface area contributed by atoms with Crippen LogP contribution in [0.5, 0.6) is 5.75 Å². The van der Waals surface area contributed by atoms with Crippen molar-refractivity contribution in [2.45, 2.75) is 65.9 Å². The lowest BCUT2D eigenvalue weighted by atomic mass is 9.90. The Hall–Kier alpha value is -2.86. The number of benzene rings is 2. The fraction of sp³-hybridized carbons (Fsp3) is 0.462. The molecule has 3 aromatic rings. The van der Waals surface area contributed by atoms with Gasteiger partial charge in [0.25, 0.3) is 0 Å². The highest BCUT2D eigenvalue weighted by atomic mass is 16.5. The fourth-order valence-electron chi connectivity index (χ4n) is 3.54. The van der Waals surface area contributed by atoms with Crippen molar-refractivity contribution in [1.29, 1.82) is 0 Å². The maximum atomic E-state index is 11.2. The van der Waals surface area contributed by atoms with E-state index in [1.54, 1.807) is 12.1 Å². The third kappa shape index (κ3) is 5.68. The van der Waals surface area contributed by atoms with Crippen LogP contribution in [-0.4, -0.2) is 33.9 Å². The number of ether oxygens (including phenoxy) is 1. The number of carbonyl (C=O) groups is 1. The van der Waals surface area contributed by atoms with Crippen LogP contribution in [0.4, 0.5) is 0 Å². The van der Waals surface area contributed by atoms with Gasteiger partial charge >= 0.3 is 5.97 Å². The van der Waals surface area contributed by atoms with Crippen molar-refractivity contribution in [2.75, 3.05) is 6.61 Å². The van der Waals surface area contributed by atoms with Gasteiger partial charge < -0.3 is 19.4 Å². The molecule has 0 amide bonds. The number of hydrogen-bond donors (Lipinski definition) is 2. The first-order valence-corrected chi connectivity index (χ1v) is 11.1. The third-order valence-electron chi connectivity index (χ3n) is 5.91. The second-order valence-electron chi connectivity index (χ2n) is 9.48. The molecule has 2 aromatic carbocycles. The van der Waals surface area contributed by atoms with Crippen molar-refractivity contribution >= 4 is 17.1 Å². The van der Waals surface area contributed by atoms with E-state index in [4.69, 9.17) is 9.15 Å². The average Bonchev–Trinajstić information content (AvgIpc) is 3.15. The molecule has 0 fully saturated rings. The molecule has 6 nitrogen and oxygen atoms in total. The van der Waals surface area contributed by atoms with Gasteiger partial charge in [-0.25, -0.2) is 9.78 Å². The van der Waals surface area contributed by atoms with Crippen LogP contribution in [0.25, 0.3) is 11.1 Å². The number of aromatic carboxylic acids is 1. The molecule has 0 spiro atoms. The molecule has 172 valence electrons. The molecule has 0 aliphatic heterocycles. The standard InChI is InChI=1S/C26H33NO5/c1-6-18(24-27-20-14-19(25(29)30)10-12-22(20)32-24)9-7-17-8-11-21(16(2)13-17)31-15-23(28)26(3,4)5/h8,10-14,18,23,28H,6-7,9,15H2,1-5H3,(H,29,30). The first-order chi connectivity index (χ1) is 15.1. The maximum absolute atomic E-state index is 11.2. The zero-order valence-electron chi connectivity index (χ0n) is 19.5. The van der Waals surface area contributed by atoms with Crippen molar-refractivity contribution in [2.24, 2.45) is 5.41 Å². The SMILES string of the molecule is CCC(CCc1ccc(OCC(O)C(C)(C)C)c(C)c1)c1nc2cc(C(=O)O)ccc2o1. The molecular weight excluding hydrogens is 406 g/mol. The minimum absolute atomic E-state index is 0.147. The molecule has 2 unspecified atom stereocenters. The number of carboxylic acid groups (broad SMARTS) is 1. The van der Waals surface area contributed by atoms with E-state index in [1.807, 2.05) is 33.8 Å². The van der Waals surface area contributed by atoms with E-state index in [2.05, 4.69) is 24.0 Å². The molecule has 0 aliphatic rings. The Bertz CT molecular complexity index is 1080. The highest BCUT2D eigenvalue weighted by Crippen LogP contribution is 2.29. The second kappa shape index (κ2) is 9.74. The van der Waals surface area contributed by atoms with Gasteiger partial charge in [0, 0.05) is 5.92 Å². The molecule has 2 N–H and O–H groups in total. The van der Waals surface area contributed by atoms with Crippen LogP contribution in [0.1, 0.15) is 73.8 Å². The Morgan fingerprint density at radius 3 is 2.56 bits per heavy atom. The smallest absolute Gasteiger partial charge is 0.335 e. The topological polar surface area (TPSA) is 92.8 Å². The number of oxazole rings is 1. The van der Waals surface area contributed by atoms with Gasteiger partial charge in [-0.2, -0.15) is 0 Å². The van der Waals surface area contributed by atoms with E-state index < -0.39 is 12.1 Å². The minimum atomic E-state index is -0.973. The Morgan fingerprint density at radius 1 is 1.19 bits per heavy atom. The number of aliphatic hydroxyl groups excluding tert-OH is 1. The number of fused-ring (bicyclic) bond motifs is 1. The minimum Gasteiger partial charge on any atom is -0.491 e. The Kier molecular flexibility index (Phi) is 7.24. The largest absolute Gasteiger partial charge is 0.491 e. The number of carboxylic acids is 1. The molecule has 1 heterocycles. The fourth-order valence-corrected chi connectivity index (χ4v) is 3.54. The van der Waals surface area contributed by atoms with Crippen molar-refractivity contribution < 1.29 is 24.2 Å². The van der Waals surface area contributed by atoms with Crippen LogP contribution in [0.3, 0.4) is 0 Å². The summed E-state index contributed by atoms with van der Waals surface area (Å²) in [5, 5.41) is 19.4. The summed E-state index contributed by atoms with van der Waals surface area (Å²) in [6.45, 7) is 10.4. The van der Waals surface area contributed by atoms with Gasteiger partial charge in [0.15, 0.2) is 11.5 Å². The Morgan fingerprint density at radius 2 is 1.94 bits per heavy atom. The van der Waals surface area contributed by atoms with Gasteiger partial charge in [0.05, 0.1) is 11.7 Å². The lowest BCUT2D eigenvalue weighted by Crippen LogP contribution is -2.32. The summed E-state index contributed by atoms with van der Waals surface area (Å²) >= 11 is 0. The molecule has 0 saturated heterocycles. The van der Waals surface area contributed by atoms with Crippen LogP contribution in [0.15, 0.2) is 40.8 Å². The summed E-state index contributed by atoms with van der Waals surface area (Å²) in [6.07, 6.45) is 2.08. The number of aryl methyl sites for hydroxylation is 2. The van der Waals surface area contributed by atoms with Crippen molar-refractivity contribution in [3.05, 3.63) is 59.0 Å². The number of rotatable bonds is 9. The van der Waals surface area contributed by atoms with Gasteiger partial charge in [-0.1, -0.05) is 39.8 Å². The quantitative estimate of drug-likeness (QED) is 0.441. The monoisotopic (exact) mass is 439 g/mol. The van der Waals surface area contributed by atoms with Gasteiger partial charge in [-0.15, -0.1) is 0 Å². The third-order valence-corrected chi connectivity index (χ3v) is 5.91. The van der Waals surface area contributed by atoms with Crippen LogP contribution >= 0.6 is 0 Å². The van der Waals surface area contributed by atoms with Crippen molar-refractivity contribution in [3.63, 3.8) is 0 Å². The van der Waals surface area contributed by atoms with Gasteiger partial charge in [0.2, 0.25) is 0 Å². The summed E-state index contributed by atoms with van der Waals surface area (Å²) in [4.78, 5) is 15.7. The van der Waals surface area contributed by atoms with E-state index in [-0.39, 0.29) is 23.5 Å². The lowest BCUT2D eigenvalue weighted by Gasteiger charge is -2.26. The van der Waals surface area contributed by atoms with E-state index in [0.29, 0.717) is 17.0 Å². The predicted molar refractivity (Wildman–Crippen MR) is 124 cm³/mol. The van der Waals surface area contributed by atoms with Gasteiger partial charge in [-0.3, -0.25) is 0 Å². The molecule has 32 heavy (non-hydrogen) atoms.